The maximum atomic E-state index is 12.8. The molecule has 0 aliphatic heterocycles. The van der Waals surface area contributed by atoms with E-state index in [1.807, 2.05) is 0 Å². The standard InChI is InChI=1S/C12H11Cl5F3N3S/c1-5-10(24(2,15,16)17)11(21)23(22-5)9-7(13)3-6(4-8(9)14)12(18,19)20/h3-4,24H,21H2,1-2H3. The van der Waals surface area contributed by atoms with Crippen molar-refractivity contribution in [3.63, 3.8) is 0 Å². The molecule has 2 N–H and O–H groups in total. The van der Waals surface area contributed by atoms with Gasteiger partial charge in [0.2, 0.25) is 0 Å². The summed E-state index contributed by atoms with van der Waals surface area (Å²) in [5.41, 5.74) is 5.31. The molecule has 1 aromatic heterocycles. The summed E-state index contributed by atoms with van der Waals surface area (Å²) in [4.78, 5) is 0.207. The van der Waals surface area contributed by atoms with E-state index in [1.54, 1.807) is 6.92 Å². The lowest BCUT2D eigenvalue weighted by Crippen LogP contribution is -2.09. The number of alkyl halides is 3. The number of aryl methyl sites for hydroxylation is 1. The van der Waals surface area contributed by atoms with E-state index in [0.717, 1.165) is 16.8 Å². The van der Waals surface area contributed by atoms with E-state index < -0.39 is 18.5 Å². The molecule has 0 atom stereocenters. The van der Waals surface area contributed by atoms with Gasteiger partial charge in [-0.25, -0.2) is 4.68 Å². The van der Waals surface area contributed by atoms with E-state index in [2.05, 4.69) is 5.10 Å². The molecular weight excluding hydrogens is 452 g/mol. The largest absolute Gasteiger partial charge is 0.416 e. The summed E-state index contributed by atoms with van der Waals surface area (Å²) in [6, 6.07) is 1.46. The second-order valence-electron chi connectivity index (χ2n) is 5.19. The van der Waals surface area contributed by atoms with Crippen LogP contribution in [-0.4, -0.2) is 16.0 Å². The Morgan fingerprint density at radius 3 is 1.92 bits per heavy atom. The number of benzene rings is 1. The van der Waals surface area contributed by atoms with E-state index in [9.17, 15) is 13.2 Å². The summed E-state index contributed by atoms with van der Waals surface area (Å²) in [7, 11) is 18.6. The van der Waals surface area contributed by atoms with Gasteiger partial charge >= 0.3 is 6.18 Å². The molecule has 1 heterocycles. The van der Waals surface area contributed by atoms with E-state index in [4.69, 9.17) is 61.0 Å². The molecule has 12 heteroatoms. The van der Waals surface area contributed by atoms with Crippen LogP contribution in [0.3, 0.4) is 0 Å². The Morgan fingerprint density at radius 2 is 1.58 bits per heavy atom. The number of nitrogen functional groups attached to an aromatic ring is 1. The maximum absolute atomic E-state index is 12.8. The van der Waals surface area contributed by atoms with Gasteiger partial charge in [-0.1, -0.05) is 62.1 Å². The zero-order chi connectivity index (χ0) is 18.7. The fourth-order valence-corrected chi connectivity index (χ4v) is 6.07. The normalized spacial score (nSPS) is 14.5. The topological polar surface area (TPSA) is 43.8 Å². The van der Waals surface area contributed by atoms with Crippen LogP contribution < -0.4 is 5.73 Å². The number of nitrogens with zero attached hydrogens (tertiary/aromatic N) is 2. The number of hydrogen-bond donors (Lipinski definition) is 2. The lowest BCUT2D eigenvalue weighted by Gasteiger charge is -2.38. The highest BCUT2D eigenvalue weighted by molar-refractivity contribution is 8.91. The van der Waals surface area contributed by atoms with Gasteiger partial charge in [-0.05, 0) is 25.3 Å². The third-order valence-corrected chi connectivity index (χ3v) is 6.70. The monoisotopic (exact) mass is 461 g/mol. The predicted molar refractivity (Wildman–Crippen MR) is 98.5 cm³/mol. The SMILES string of the molecule is Cc1nn(-c2c(Cl)cc(C(F)(F)F)cc2Cl)c(N)c1[SH](C)(Cl)(Cl)Cl. The average Bonchev–Trinajstić information content (AvgIpc) is 2.61. The van der Waals surface area contributed by atoms with Crippen molar-refractivity contribution in [3.05, 3.63) is 33.4 Å². The van der Waals surface area contributed by atoms with Crippen LogP contribution in [0, 0.1) is 6.92 Å². The molecule has 0 aliphatic carbocycles. The fourth-order valence-electron chi connectivity index (χ4n) is 2.23. The quantitative estimate of drug-likeness (QED) is 0.492. The van der Waals surface area contributed by atoms with Crippen LogP contribution in [0.5, 0.6) is 0 Å². The van der Waals surface area contributed by atoms with Crippen LogP contribution in [0.15, 0.2) is 17.0 Å². The summed E-state index contributed by atoms with van der Waals surface area (Å²) in [6.45, 7) is -2.28. The van der Waals surface area contributed by atoms with E-state index in [1.165, 1.54) is 6.26 Å². The van der Waals surface area contributed by atoms with Gasteiger partial charge < -0.3 is 5.73 Å². The highest BCUT2D eigenvalue weighted by Crippen LogP contribution is 2.87. The second-order valence-corrected chi connectivity index (χ2v) is 18.0. The van der Waals surface area contributed by atoms with Crippen LogP contribution in [0.25, 0.3) is 5.69 Å². The molecular formula is C12H11Cl5F3N3S. The molecule has 0 fully saturated rings. The third-order valence-electron chi connectivity index (χ3n) is 3.10. The highest BCUT2D eigenvalue weighted by atomic mass is 36.2. The summed E-state index contributed by atoms with van der Waals surface area (Å²) >= 11 is 11.9. The summed E-state index contributed by atoms with van der Waals surface area (Å²) in [5.74, 6) is -0.0452. The van der Waals surface area contributed by atoms with E-state index in [0.29, 0.717) is 5.69 Å². The fraction of sp³-hybridized carbons (Fsp3) is 0.250. The number of hydrogen-bond acceptors (Lipinski definition) is 2. The molecule has 0 aliphatic rings. The minimum absolute atomic E-state index is 0.0245. The lowest BCUT2D eigenvalue weighted by atomic mass is 10.2. The van der Waals surface area contributed by atoms with Gasteiger partial charge in [0.1, 0.15) is 11.5 Å². The zero-order valence-electron chi connectivity index (χ0n) is 12.1. The van der Waals surface area contributed by atoms with Gasteiger partial charge in [-0.2, -0.15) is 18.3 Å². The number of halogens is 8. The van der Waals surface area contributed by atoms with Crippen molar-refractivity contribution < 1.29 is 13.2 Å². The van der Waals surface area contributed by atoms with Crippen molar-refractivity contribution in [1.82, 2.24) is 9.78 Å². The lowest BCUT2D eigenvalue weighted by molar-refractivity contribution is -0.137. The predicted octanol–water partition coefficient (Wildman–Crippen LogP) is 6.61. The molecule has 0 radical (unpaired) electrons. The second kappa shape index (κ2) is 5.93. The molecule has 0 saturated carbocycles. The third kappa shape index (κ3) is 3.81. The van der Waals surface area contributed by atoms with Crippen molar-refractivity contribution in [2.75, 3.05) is 12.0 Å². The Balaban J connectivity index is 2.74. The van der Waals surface area contributed by atoms with Gasteiger partial charge in [0.05, 0.1) is 26.2 Å². The highest BCUT2D eigenvalue weighted by Gasteiger charge is 2.38. The number of aromatic nitrogens is 2. The molecule has 24 heavy (non-hydrogen) atoms. The van der Waals surface area contributed by atoms with Gasteiger partial charge in [0.25, 0.3) is 0 Å². The zero-order valence-corrected chi connectivity index (χ0v) is 16.8. The first kappa shape index (κ1) is 20.1. The summed E-state index contributed by atoms with van der Waals surface area (Å²) in [5, 5.41) is 3.55. The van der Waals surface area contributed by atoms with Crippen LogP contribution in [0.2, 0.25) is 10.0 Å². The Bertz CT molecular complexity index is 794. The smallest absolute Gasteiger partial charge is 0.383 e. The van der Waals surface area contributed by atoms with Gasteiger partial charge in [0.15, 0.2) is 0 Å². The molecule has 0 spiro atoms. The Morgan fingerprint density at radius 1 is 1.12 bits per heavy atom. The first-order chi connectivity index (χ1) is 10.6. The molecule has 2 rings (SSSR count). The van der Waals surface area contributed by atoms with Gasteiger partial charge in [0, 0.05) is 0 Å². The van der Waals surface area contributed by atoms with E-state index in [-0.39, 0.29) is 26.4 Å². The average molecular weight is 464 g/mol. The molecule has 0 unspecified atom stereocenters. The molecule has 2 aromatic rings. The van der Waals surface area contributed by atoms with Crippen molar-refractivity contribution in [3.8, 4) is 5.69 Å². The van der Waals surface area contributed by atoms with Crippen LogP contribution in [0.4, 0.5) is 19.0 Å². The number of nitrogens with two attached hydrogens (primary N) is 1. The molecule has 1 aromatic carbocycles. The van der Waals surface area contributed by atoms with Crippen molar-refractivity contribution >= 4 is 67.9 Å². The van der Waals surface area contributed by atoms with Crippen molar-refractivity contribution in [2.24, 2.45) is 0 Å². The molecule has 136 valence electrons. The number of thiol groups is 1. The van der Waals surface area contributed by atoms with Crippen molar-refractivity contribution in [2.45, 2.75) is 18.0 Å². The van der Waals surface area contributed by atoms with Crippen LogP contribution >= 0.6 is 62.1 Å². The first-order valence-corrected chi connectivity index (χ1v) is 12.3. The Kier molecular flexibility index (Phi) is 4.97. The summed E-state index contributed by atoms with van der Waals surface area (Å²) < 4.78 is 39.6. The maximum Gasteiger partial charge on any atom is 0.416 e. The Hall–Kier alpha value is -0.180. The number of anilines is 1. The minimum Gasteiger partial charge on any atom is -0.383 e. The van der Waals surface area contributed by atoms with E-state index >= 15 is 0 Å². The number of rotatable bonds is 2. The van der Waals surface area contributed by atoms with Gasteiger partial charge in [-0.15, -0.1) is 0 Å². The molecule has 3 nitrogen and oxygen atoms in total. The molecule has 0 bridgehead atoms. The first-order valence-electron chi connectivity index (χ1n) is 6.19. The van der Waals surface area contributed by atoms with Crippen LogP contribution in [0.1, 0.15) is 11.3 Å². The molecule has 0 amide bonds. The van der Waals surface area contributed by atoms with Gasteiger partial charge in [-0.3, -0.25) is 0 Å². The molecule has 0 saturated heterocycles. The van der Waals surface area contributed by atoms with Crippen molar-refractivity contribution in [1.29, 1.82) is 0 Å². The van der Waals surface area contributed by atoms with Crippen LogP contribution in [-0.2, 0) is 6.18 Å². The summed E-state index contributed by atoms with van der Waals surface area (Å²) in [6.07, 6.45) is -3.18. The Labute approximate surface area is 159 Å². The minimum atomic E-state index is -4.60.